The van der Waals surface area contributed by atoms with Gasteiger partial charge in [-0.1, -0.05) is 34.8 Å². The van der Waals surface area contributed by atoms with Gasteiger partial charge in [0.25, 0.3) is 0 Å². The molecule has 6 nitrogen and oxygen atoms in total. The third-order valence-corrected chi connectivity index (χ3v) is 3.27. The van der Waals surface area contributed by atoms with Gasteiger partial charge in [-0.25, -0.2) is 0 Å². The van der Waals surface area contributed by atoms with Gasteiger partial charge in [-0.05, 0) is 0 Å². The Labute approximate surface area is 100 Å². The van der Waals surface area contributed by atoms with Crippen LogP contribution in [0.4, 0.5) is 10.3 Å². The van der Waals surface area contributed by atoms with Gasteiger partial charge in [-0.15, -0.1) is 20.4 Å². The molecular weight excluding hydrogens is 244 g/mol. The quantitative estimate of drug-likeness (QED) is 0.785. The first-order valence-corrected chi connectivity index (χ1v) is 6.18. The number of nitrogen functional groups attached to an aromatic ring is 2. The van der Waals surface area contributed by atoms with Crippen LogP contribution in [0.25, 0.3) is 0 Å². The van der Waals surface area contributed by atoms with E-state index < -0.39 is 0 Å². The molecule has 0 aliphatic carbocycles. The molecule has 0 radical (unpaired) electrons. The minimum absolute atomic E-state index is 0.500. The summed E-state index contributed by atoms with van der Waals surface area (Å²) >= 11 is 2.79. The van der Waals surface area contributed by atoms with Gasteiger partial charge < -0.3 is 11.5 Å². The number of hydrogen-bond donors (Lipinski definition) is 2. The summed E-state index contributed by atoms with van der Waals surface area (Å²) in [6.45, 7) is 0. The van der Waals surface area contributed by atoms with E-state index >= 15 is 0 Å². The molecule has 0 aromatic carbocycles. The van der Waals surface area contributed by atoms with Crippen LogP contribution in [0.3, 0.4) is 0 Å². The lowest BCUT2D eigenvalue weighted by Gasteiger charge is -1.86. The largest absolute Gasteiger partial charge is 0.374 e. The highest BCUT2D eigenvalue weighted by Gasteiger charge is 1.99. The smallest absolute Gasteiger partial charge is 0.203 e. The van der Waals surface area contributed by atoms with Crippen molar-refractivity contribution in [2.75, 3.05) is 11.5 Å². The number of rotatable bonds is 4. The first-order chi connectivity index (χ1) is 7.74. The number of hydrogen-bond acceptors (Lipinski definition) is 8. The second kappa shape index (κ2) is 4.99. The standard InChI is InChI=1S/C8H10N6S2/c9-7-13-11-5(15-7)3-1-2-4-6-12-14-8(10)16-6/h1-2H,3-4H2,(H2,9,13)(H2,10,14)/b2-1+. The number of allylic oxidation sites excluding steroid dienone is 2. The molecule has 2 rings (SSSR count). The van der Waals surface area contributed by atoms with Crippen molar-refractivity contribution in [1.82, 2.24) is 20.4 Å². The van der Waals surface area contributed by atoms with Gasteiger partial charge in [0.2, 0.25) is 10.3 Å². The SMILES string of the molecule is Nc1nnc(C/C=C/Cc2nnc(N)s2)s1. The van der Waals surface area contributed by atoms with Crippen LogP contribution in [0, 0.1) is 0 Å². The molecule has 4 N–H and O–H groups in total. The van der Waals surface area contributed by atoms with E-state index in [4.69, 9.17) is 11.5 Å². The highest BCUT2D eigenvalue weighted by atomic mass is 32.1. The average molecular weight is 254 g/mol. The first-order valence-electron chi connectivity index (χ1n) is 4.55. The van der Waals surface area contributed by atoms with Gasteiger partial charge in [-0.3, -0.25) is 0 Å². The van der Waals surface area contributed by atoms with Gasteiger partial charge >= 0.3 is 0 Å². The molecule has 2 heterocycles. The van der Waals surface area contributed by atoms with Crippen LogP contribution < -0.4 is 11.5 Å². The molecular formula is C8H10N6S2. The maximum atomic E-state index is 5.47. The fourth-order valence-corrected chi connectivity index (χ4v) is 2.23. The van der Waals surface area contributed by atoms with Crippen LogP contribution in [0.2, 0.25) is 0 Å². The second-order valence-corrected chi connectivity index (χ2v) is 5.14. The average Bonchev–Trinajstić information content (AvgIpc) is 2.83. The molecule has 16 heavy (non-hydrogen) atoms. The van der Waals surface area contributed by atoms with E-state index in [2.05, 4.69) is 20.4 Å². The van der Waals surface area contributed by atoms with Crippen molar-refractivity contribution in [3.05, 3.63) is 22.2 Å². The zero-order valence-electron chi connectivity index (χ0n) is 8.33. The van der Waals surface area contributed by atoms with E-state index in [-0.39, 0.29) is 0 Å². The van der Waals surface area contributed by atoms with Crippen molar-refractivity contribution in [2.24, 2.45) is 0 Å². The van der Waals surface area contributed by atoms with Crippen molar-refractivity contribution >= 4 is 32.9 Å². The first kappa shape index (κ1) is 11.0. The summed E-state index contributed by atoms with van der Waals surface area (Å²) in [7, 11) is 0. The normalized spacial score (nSPS) is 11.2. The Morgan fingerprint density at radius 1 is 0.812 bits per heavy atom. The lowest BCUT2D eigenvalue weighted by atomic mass is 10.3. The summed E-state index contributed by atoms with van der Waals surface area (Å²) in [5, 5.41) is 18.1. The van der Waals surface area contributed by atoms with E-state index in [0.29, 0.717) is 10.3 Å². The second-order valence-electron chi connectivity index (χ2n) is 2.95. The molecule has 2 aromatic rings. The Bertz CT molecular complexity index is 444. The Balaban J connectivity index is 1.82. The molecule has 0 aliphatic rings. The third-order valence-electron chi connectivity index (χ3n) is 1.72. The summed E-state index contributed by atoms with van der Waals surface area (Å²) in [5.74, 6) is 0. The molecule has 84 valence electrons. The van der Waals surface area contributed by atoms with Crippen LogP contribution >= 0.6 is 22.7 Å². The maximum Gasteiger partial charge on any atom is 0.203 e. The predicted octanol–water partition coefficient (Wildman–Crippen LogP) is 0.895. The Morgan fingerprint density at radius 3 is 1.56 bits per heavy atom. The van der Waals surface area contributed by atoms with Crippen molar-refractivity contribution in [2.45, 2.75) is 12.8 Å². The van der Waals surface area contributed by atoms with Crippen LogP contribution in [0.15, 0.2) is 12.2 Å². The van der Waals surface area contributed by atoms with E-state index in [1.54, 1.807) is 0 Å². The van der Waals surface area contributed by atoms with E-state index in [1.807, 2.05) is 12.2 Å². The fourth-order valence-electron chi connectivity index (χ4n) is 1.07. The highest BCUT2D eigenvalue weighted by molar-refractivity contribution is 7.15. The molecule has 2 aromatic heterocycles. The fraction of sp³-hybridized carbons (Fsp3) is 0.250. The third kappa shape index (κ3) is 2.97. The monoisotopic (exact) mass is 254 g/mol. The summed E-state index contributed by atoms with van der Waals surface area (Å²) in [6, 6.07) is 0. The molecule has 0 bridgehead atoms. The van der Waals surface area contributed by atoms with Crippen LogP contribution in [0.1, 0.15) is 10.0 Å². The van der Waals surface area contributed by atoms with Gasteiger partial charge in [-0.2, -0.15) is 0 Å². The van der Waals surface area contributed by atoms with Crippen molar-refractivity contribution < 1.29 is 0 Å². The van der Waals surface area contributed by atoms with Crippen LogP contribution in [0.5, 0.6) is 0 Å². The Morgan fingerprint density at radius 2 is 1.25 bits per heavy atom. The summed E-state index contributed by atoms with van der Waals surface area (Å²) in [4.78, 5) is 0. The molecule has 0 atom stereocenters. The van der Waals surface area contributed by atoms with Gasteiger partial charge in [0, 0.05) is 12.8 Å². The highest BCUT2D eigenvalue weighted by Crippen LogP contribution is 2.13. The molecule has 0 fully saturated rings. The summed E-state index contributed by atoms with van der Waals surface area (Å²) in [5.41, 5.74) is 10.9. The molecule has 0 saturated carbocycles. The topological polar surface area (TPSA) is 104 Å². The summed E-state index contributed by atoms with van der Waals surface area (Å²) in [6.07, 6.45) is 5.50. The number of aromatic nitrogens is 4. The molecule has 0 amide bonds. The minimum Gasteiger partial charge on any atom is -0.374 e. The van der Waals surface area contributed by atoms with E-state index in [0.717, 1.165) is 22.9 Å². The number of anilines is 2. The molecule has 0 unspecified atom stereocenters. The van der Waals surface area contributed by atoms with E-state index in [9.17, 15) is 0 Å². The van der Waals surface area contributed by atoms with Crippen LogP contribution in [-0.2, 0) is 12.8 Å². The lowest BCUT2D eigenvalue weighted by Crippen LogP contribution is -1.82. The Kier molecular flexibility index (Phi) is 3.42. The van der Waals surface area contributed by atoms with Crippen molar-refractivity contribution in [3.63, 3.8) is 0 Å². The van der Waals surface area contributed by atoms with Gasteiger partial charge in [0.1, 0.15) is 10.0 Å². The molecule has 0 spiro atoms. The van der Waals surface area contributed by atoms with Crippen LogP contribution in [-0.4, -0.2) is 20.4 Å². The van der Waals surface area contributed by atoms with E-state index in [1.165, 1.54) is 22.7 Å². The zero-order chi connectivity index (χ0) is 11.4. The van der Waals surface area contributed by atoms with Gasteiger partial charge in [0.05, 0.1) is 0 Å². The maximum absolute atomic E-state index is 5.47. The summed E-state index contributed by atoms with van der Waals surface area (Å²) < 4.78 is 0. The molecule has 0 aliphatic heterocycles. The van der Waals surface area contributed by atoms with Gasteiger partial charge in [0.15, 0.2) is 0 Å². The van der Waals surface area contributed by atoms with Crippen molar-refractivity contribution in [3.8, 4) is 0 Å². The number of nitrogens with two attached hydrogens (primary N) is 2. The minimum atomic E-state index is 0.500. The van der Waals surface area contributed by atoms with Crippen molar-refractivity contribution in [1.29, 1.82) is 0 Å². The lowest BCUT2D eigenvalue weighted by molar-refractivity contribution is 1.01. The molecule has 0 saturated heterocycles. The number of nitrogens with zero attached hydrogens (tertiary/aromatic N) is 4. The zero-order valence-corrected chi connectivity index (χ0v) is 9.96. The predicted molar refractivity (Wildman–Crippen MR) is 65.2 cm³/mol. The Hall–Kier alpha value is -1.54. The molecule has 8 heteroatoms.